The number of carboxylic acids is 1. The Morgan fingerprint density at radius 2 is 2.10 bits per heavy atom. The van der Waals surface area contributed by atoms with E-state index in [2.05, 4.69) is 35.8 Å². The summed E-state index contributed by atoms with van der Waals surface area (Å²) in [6.45, 7) is 2.79. The maximum Gasteiger partial charge on any atom is 0.352 e. The first-order valence-corrected chi connectivity index (χ1v) is 14.1. The van der Waals surface area contributed by atoms with Gasteiger partial charge in [-0.05, 0) is 43.5 Å². The van der Waals surface area contributed by atoms with Gasteiger partial charge in [0.05, 0.1) is 0 Å². The van der Waals surface area contributed by atoms with Crippen LogP contribution in [0.5, 0.6) is 0 Å². The third-order valence-electron chi connectivity index (χ3n) is 6.96. The van der Waals surface area contributed by atoms with Crippen molar-refractivity contribution in [2.75, 3.05) is 37.7 Å². The molecule has 0 saturated carbocycles. The number of nitrogens with one attached hydrogen (secondary N) is 4. The molecule has 0 bridgehead atoms. The first kappa shape index (κ1) is 27.0. The number of nitrogens with zero attached hydrogens (tertiary/aromatic N) is 4. The molecular formula is C22H27N9O6S2. The van der Waals surface area contributed by atoms with Gasteiger partial charge in [-0.2, -0.15) is 9.36 Å². The van der Waals surface area contributed by atoms with E-state index in [1.165, 1.54) is 11.8 Å². The van der Waals surface area contributed by atoms with E-state index >= 15 is 0 Å². The van der Waals surface area contributed by atoms with Gasteiger partial charge in [-0.25, -0.2) is 4.79 Å². The molecule has 3 saturated heterocycles. The molecular weight excluding hydrogens is 550 g/mol. The van der Waals surface area contributed by atoms with Gasteiger partial charge in [0.1, 0.15) is 17.1 Å². The van der Waals surface area contributed by atoms with Gasteiger partial charge >= 0.3 is 5.97 Å². The van der Waals surface area contributed by atoms with Crippen LogP contribution in [0, 0.1) is 0 Å². The van der Waals surface area contributed by atoms with Crippen LogP contribution in [0.15, 0.2) is 27.6 Å². The largest absolute Gasteiger partial charge is 0.477 e. The van der Waals surface area contributed by atoms with Crippen molar-refractivity contribution in [2.45, 2.75) is 36.7 Å². The Bertz CT molecular complexity index is 1300. The maximum absolute atomic E-state index is 13.2. The minimum absolute atomic E-state index is 0.0624. The van der Waals surface area contributed by atoms with Gasteiger partial charge in [0.25, 0.3) is 11.8 Å². The molecule has 1 unspecified atom stereocenters. The SMILES string of the molecule is Nc1nc(C(=NO)C(=O)N[C@@H]2C(=O)N3C(C(=O)O)=C(C(CCNC4CCNC4)=C4CCNC4=O)CS[C@H]23)ns1. The molecule has 4 aliphatic rings. The van der Waals surface area contributed by atoms with Gasteiger partial charge in [-0.3, -0.25) is 19.3 Å². The number of carbonyl (C=O) groups excluding carboxylic acids is 3. The average molecular weight is 578 g/mol. The molecule has 1 aromatic heterocycles. The highest BCUT2D eigenvalue weighted by Gasteiger charge is 2.55. The van der Waals surface area contributed by atoms with Crippen LogP contribution in [-0.4, -0.2) is 103 Å². The van der Waals surface area contributed by atoms with E-state index in [0.29, 0.717) is 48.7 Å². The minimum atomic E-state index is -1.29. The highest BCUT2D eigenvalue weighted by Crippen LogP contribution is 2.43. The summed E-state index contributed by atoms with van der Waals surface area (Å²) in [5, 5.41) is 33.8. The monoisotopic (exact) mass is 577 g/mol. The van der Waals surface area contributed by atoms with E-state index in [0.717, 1.165) is 35.9 Å². The topological polar surface area (TPSA) is 224 Å². The fraction of sp³-hybridized carbons (Fsp3) is 0.500. The molecule has 0 spiro atoms. The lowest BCUT2D eigenvalue weighted by molar-refractivity contribution is -0.150. The van der Waals surface area contributed by atoms with Crippen LogP contribution in [0.1, 0.15) is 25.1 Å². The number of thioether (sulfide) groups is 1. The number of aliphatic carboxylic acids is 1. The molecule has 0 aromatic carbocycles. The smallest absolute Gasteiger partial charge is 0.352 e. The number of amides is 3. The Morgan fingerprint density at radius 3 is 2.72 bits per heavy atom. The van der Waals surface area contributed by atoms with E-state index in [9.17, 15) is 29.5 Å². The Morgan fingerprint density at radius 1 is 1.28 bits per heavy atom. The fourth-order valence-corrected chi connectivity index (χ4v) is 6.92. The predicted molar refractivity (Wildman–Crippen MR) is 141 cm³/mol. The van der Waals surface area contributed by atoms with E-state index in [-0.39, 0.29) is 28.3 Å². The molecule has 0 radical (unpaired) electrons. The third-order valence-corrected chi connectivity index (χ3v) is 8.78. The van der Waals surface area contributed by atoms with Crippen LogP contribution in [0.3, 0.4) is 0 Å². The standard InChI is InChI=1S/C22H27N9O6S2/c23-22-28-16(30-39-22)13(29-37)18(33)27-14-19(34)31-15(21(35)36)12(8-38-20(14)31)10(11-3-6-26-17(11)32)2-5-25-9-1-4-24-7-9/h9,14,20,24-25,37H,1-8H2,(H,26,32)(H,27,33)(H,35,36)(H2,23,28,30)/t9?,14-,20-/m1/s1. The second-order valence-electron chi connectivity index (χ2n) is 9.25. The fourth-order valence-electron chi connectivity index (χ4n) is 5.11. The molecule has 5 rings (SSSR count). The van der Waals surface area contributed by atoms with Crippen molar-refractivity contribution in [1.82, 2.24) is 35.5 Å². The van der Waals surface area contributed by atoms with Crippen molar-refractivity contribution >= 4 is 57.8 Å². The molecule has 4 aliphatic heterocycles. The van der Waals surface area contributed by atoms with Gasteiger partial charge in [-0.15, -0.1) is 11.8 Å². The zero-order valence-electron chi connectivity index (χ0n) is 20.6. The maximum atomic E-state index is 13.2. The van der Waals surface area contributed by atoms with Crippen molar-refractivity contribution in [2.24, 2.45) is 5.16 Å². The van der Waals surface area contributed by atoms with Crippen LogP contribution >= 0.6 is 23.3 Å². The van der Waals surface area contributed by atoms with Crippen molar-refractivity contribution < 1.29 is 29.5 Å². The third kappa shape index (κ3) is 5.21. The van der Waals surface area contributed by atoms with Crippen LogP contribution in [0.25, 0.3) is 0 Å². The van der Waals surface area contributed by atoms with E-state index < -0.39 is 34.9 Å². The first-order valence-electron chi connectivity index (χ1n) is 12.3. The number of rotatable bonds is 9. The molecule has 8 N–H and O–H groups in total. The molecule has 3 atom stereocenters. The summed E-state index contributed by atoms with van der Waals surface area (Å²) < 4.78 is 3.84. The molecule has 15 nitrogen and oxygen atoms in total. The number of aromatic nitrogens is 2. The van der Waals surface area contributed by atoms with Crippen molar-refractivity contribution in [3.63, 3.8) is 0 Å². The quantitative estimate of drug-likeness (QED) is 0.0567. The van der Waals surface area contributed by atoms with Gasteiger partial charge in [0.2, 0.25) is 17.4 Å². The number of fused-ring (bicyclic) bond motifs is 1. The van der Waals surface area contributed by atoms with Gasteiger partial charge < -0.3 is 37.3 Å². The Balaban J connectivity index is 1.38. The summed E-state index contributed by atoms with van der Waals surface area (Å²) in [6.07, 6.45) is 1.88. The molecule has 3 fully saturated rings. The molecule has 5 heterocycles. The minimum Gasteiger partial charge on any atom is -0.477 e. The predicted octanol–water partition coefficient (Wildman–Crippen LogP) is -1.80. The lowest BCUT2D eigenvalue weighted by Crippen LogP contribution is -2.71. The summed E-state index contributed by atoms with van der Waals surface area (Å²) in [5.41, 5.74) is 6.42. The molecule has 17 heteroatoms. The normalized spacial score (nSPS) is 26.3. The van der Waals surface area contributed by atoms with E-state index in [1.54, 1.807) is 0 Å². The van der Waals surface area contributed by atoms with Gasteiger partial charge in [-0.1, -0.05) is 5.16 Å². The lowest BCUT2D eigenvalue weighted by atomic mass is 9.92. The number of hydrogen-bond acceptors (Lipinski definition) is 13. The van der Waals surface area contributed by atoms with Crippen molar-refractivity contribution in [3.8, 4) is 0 Å². The Kier molecular flexibility index (Phi) is 7.83. The second-order valence-corrected chi connectivity index (χ2v) is 11.1. The number of carboxylic acid groups (broad SMARTS) is 1. The number of oxime groups is 1. The lowest BCUT2D eigenvalue weighted by Gasteiger charge is -2.49. The zero-order chi connectivity index (χ0) is 27.7. The summed E-state index contributed by atoms with van der Waals surface area (Å²) in [6, 6.07) is -0.759. The number of nitrogen functional groups attached to an aromatic ring is 1. The van der Waals surface area contributed by atoms with Crippen LogP contribution < -0.4 is 27.0 Å². The molecule has 1 aromatic rings. The highest BCUT2D eigenvalue weighted by molar-refractivity contribution is 8.00. The van der Waals surface area contributed by atoms with Crippen LogP contribution in [0.2, 0.25) is 0 Å². The number of β-lactam (4-membered cyclic amide) rings is 1. The number of nitrogens with two attached hydrogens (primary N) is 1. The van der Waals surface area contributed by atoms with Crippen LogP contribution in [-0.2, 0) is 19.2 Å². The first-order chi connectivity index (χ1) is 18.8. The van der Waals surface area contributed by atoms with Crippen molar-refractivity contribution in [3.05, 3.63) is 28.2 Å². The number of anilines is 1. The van der Waals surface area contributed by atoms with Crippen LogP contribution in [0.4, 0.5) is 5.13 Å². The molecule has 0 aliphatic carbocycles. The molecule has 3 amide bonds. The number of carbonyl (C=O) groups is 4. The average Bonchev–Trinajstić information content (AvgIpc) is 3.68. The summed E-state index contributed by atoms with van der Waals surface area (Å²) in [7, 11) is 0. The summed E-state index contributed by atoms with van der Waals surface area (Å²) >= 11 is 2.09. The number of hydrogen-bond donors (Lipinski definition) is 7. The van der Waals surface area contributed by atoms with Gasteiger partial charge in [0.15, 0.2) is 5.13 Å². The Hall–Kier alpha value is -3.54. The van der Waals surface area contributed by atoms with Crippen molar-refractivity contribution in [1.29, 1.82) is 0 Å². The Labute approximate surface area is 230 Å². The van der Waals surface area contributed by atoms with E-state index in [1.807, 2.05) is 0 Å². The molecule has 39 heavy (non-hydrogen) atoms. The zero-order valence-corrected chi connectivity index (χ0v) is 22.2. The summed E-state index contributed by atoms with van der Waals surface area (Å²) in [4.78, 5) is 56.0. The van der Waals surface area contributed by atoms with Gasteiger partial charge in [0, 0.05) is 42.0 Å². The highest BCUT2D eigenvalue weighted by atomic mass is 32.2. The molecule has 208 valence electrons. The van der Waals surface area contributed by atoms with E-state index in [4.69, 9.17) is 5.73 Å². The second kappa shape index (κ2) is 11.3. The summed E-state index contributed by atoms with van der Waals surface area (Å²) in [5.74, 6) is -3.03.